The van der Waals surface area contributed by atoms with Gasteiger partial charge in [-0.05, 0) is 25.7 Å². The molecule has 0 N–H and O–H groups in total. The van der Waals surface area contributed by atoms with Crippen LogP contribution in [0.3, 0.4) is 0 Å². The van der Waals surface area contributed by atoms with Gasteiger partial charge in [0.1, 0.15) is 0 Å². The second-order valence-corrected chi connectivity index (χ2v) is 3.92. The Kier molecular flexibility index (Phi) is 11.4. The fourth-order valence-electron chi connectivity index (χ4n) is 1.17. The Morgan fingerprint density at radius 1 is 0.917 bits per heavy atom. The molecule has 0 nitrogen and oxygen atoms in total. The first kappa shape index (κ1) is 12.2. The lowest BCUT2D eigenvalue weighted by Gasteiger charge is -1.96. The van der Waals surface area contributed by atoms with E-state index < -0.39 is 0 Å². The molecule has 0 heterocycles. The molecular formula is C11H21Br. The van der Waals surface area contributed by atoms with Gasteiger partial charge in [0.05, 0.1) is 0 Å². The van der Waals surface area contributed by atoms with Crippen molar-refractivity contribution >= 4 is 15.9 Å². The highest BCUT2D eigenvalue weighted by Gasteiger charge is 1.87. The van der Waals surface area contributed by atoms with Crippen molar-refractivity contribution in [1.82, 2.24) is 0 Å². The van der Waals surface area contributed by atoms with Gasteiger partial charge in [-0.3, -0.25) is 0 Å². The highest BCUT2D eigenvalue weighted by atomic mass is 79.9. The molecule has 0 atom stereocenters. The lowest BCUT2D eigenvalue weighted by Crippen LogP contribution is -1.78. The van der Waals surface area contributed by atoms with Gasteiger partial charge in [-0.15, -0.1) is 0 Å². The summed E-state index contributed by atoms with van der Waals surface area (Å²) in [5.74, 6) is 0. The van der Waals surface area contributed by atoms with E-state index in [0.29, 0.717) is 0 Å². The summed E-state index contributed by atoms with van der Waals surface area (Å²) in [4.78, 5) is 0. The number of alkyl halides is 1. The Morgan fingerprint density at radius 2 is 1.58 bits per heavy atom. The Morgan fingerprint density at radius 3 is 2.25 bits per heavy atom. The largest absolute Gasteiger partial charge is 0.0928 e. The molecule has 0 amide bonds. The zero-order chi connectivity index (χ0) is 9.07. The predicted molar refractivity (Wildman–Crippen MR) is 60.9 cm³/mol. The molecule has 0 aliphatic heterocycles. The highest BCUT2D eigenvalue weighted by molar-refractivity contribution is 9.09. The summed E-state index contributed by atoms with van der Waals surface area (Å²) < 4.78 is 0. The van der Waals surface area contributed by atoms with Crippen LogP contribution in [0.25, 0.3) is 0 Å². The third kappa shape index (κ3) is 10.2. The minimum Gasteiger partial charge on any atom is -0.0928 e. The Hall–Kier alpha value is 0.220. The molecule has 72 valence electrons. The van der Waals surface area contributed by atoms with E-state index in [0.717, 1.165) is 0 Å². The summed E-state index contributed by atoms with van der Waals surface area (Å²) in [6.45, 7) is 2.19. The van der Waals surface area contributed by atoms with Gasteiger partial charge in [-0.1, -0.05) is 54.3 Å². The molecule has 0 aliphatic rings. The molecule has 0 rings (SSSR count). The van der Waals surface area contributed by atoms with E-state index in [4.69, 9.17) is 0 Å². The van der Waals surface area contributed by atoms with Crippen LogP contribution in [-0.2, 0) is 0 Å². The number of hydrogen-bond donors (Lipinski definition) is 0. The van der Waals surface area contributed by atoms with Gasteiger partial charge < -0.3 is 0 Å². The monoisotopic (exact) mass is 232 g/mol. The normalized spacial score (nSPS) is 11.2. The lowest BCUT2D eigenvalue weighted by atomic mass is 10.1. The fourth-order valence-corrected chi connectivity index (χ4v) is 1.57. The van der Waals surface area contributed by atoms with Crippen LogP contribution in [0, 0.1) is 0 Å². The van der Waals surface area contributed by atoms with Crippen LogP contribution in [0.4, 0.5) is 0 Å². The van der Waals surface area contributed by atoms with E-state index >= 15 is 0 Å². The Balaban J connectivity index is 2.86. The average Bonchev–Trinajstić information content (AvgIpc) is 2.10. The van der Waals surface area contributed by atoms with Crippen molar-refractivity contribution < 1.29 is 0 Å². The molecule has 0 radical (unpaired) electrons. The van der Waals surface area contributed by atoms with Crippen molar-refractivity contribution in [3.8, 4) is 0 Å². The molecular weight excluding hydrogens is 212 g/mol. The first-order valence-electron chi connectivity index (χ1n) is 5.12. The predicted octanol–water partition coefficient (Wildman–Crippen LogP) is 4.69. The van der Waals surface area contributed by atoms with Gasteiger partial charge in [-0.2, -0.15) is 0 Å². The van der Waals surface area contributed by atoms with Crippen LogP contribution in [0.5, 0.6) is 0 Å². The minimum atomic E-state index is 1.17. The van der Waals surface area contributed by atoms with Crippen molar-refractivity contribution in [2.45, 2.75) is 51.9 Å². The van der Waals surface area contributed by atoms with Crippen LogP contribution in [0.2, 0.25) is 0 Å². The van der Waals surface area contributed by atoms with E-state index in [1.807, 2.05) is 0 Å². The van der Waals surface area contributed by atoms with E-state index in [1.54, 1.807) is 0 Å². The number of rotatable bonds is 8. The smallest absolute Gasteiger partial charge is 0.00313 e. The third-order valence-electron chi connectivity index (χ3n) is 1.91. The summed E-state index contributed by atoms with van der Waals surface area (Å²) in [5.41, 5.74) is 0. The molecule has 0 saturated carbocycles. The van der Waals surface area contributed by atoms with Crippen molar-refractivity contribution in [3.05, 3.63) is 12.2 Å². The van der Waals surface area contributed by atoms with Crippen LogP contribution in [0.1, 0.15) is 51.9 Å². The van der Waals surface area contributed by atoms with Crippen LogP contribution in [0.15, 0.2) is 12.2 Å². The van der Waals surface area contributed by atoms with Crippen LogP contribution < -0.4 is 0 Å². The first-order valence-corrected chi connectivity index (χ1v) is 6.25. The topological polar surface area (TPSA) is 0 Å². The van der Waals surface area contributed by atoms with Gasteiger partial charge in [0.2, 0.25) is 0 Å². The minimum absolute atomic E-state index is 1.17. The molecule has 12 heavy (non-hydrogen) atoms. The van der Waals surface area contributed by atoms with Gasteiger partial charge in [0, 0.05) is 5.33 Å². The van der Waals surface area contributed by atoms with Crippen molar-refractivity contribution in [1.29, 1.82) is 0 Å². The molecule has 0 bridgehead atoms. The average molecular weight is 233 g/mol. The molecule has 0 spiro atoms. The molecule has 0 aliphatic carbocycles. The first-order chi connectivity index (χ1) is 5.91. The number of unbranched alkanes of at least 4 members (excludes halogenated alkanes) is 5. The fraction of sp³-hybridized carbons (Fsp3) is 0.818. The maximum absolute atomic E-state index is 3.44. The van der Waals surface area contributed by atoms with Gasteiger partial charge in [0.25, 0.3) is 0 Å². The molecule has 0 saturated heterocycles. The maximum Gasteiger partial charge on any atom is 0.00313 e. The summed E-state index contributed by atoms with van der Waals surface area (Å²) in [7, 11) is 0. The van der Waals surface area contributed by atoms with E-state index in [2.05, 4.69) is 35.0 Å². The molecule has 0 aromatic carbocycles. The molecule has 0 unspecified atom stereocenters. The number of halogens is 1. The zero-order valence-corrected chi connectivity index (χ0v) is 9.78. The van der Waals surface area contributed by atoms with Crippen molar-refractivity contribution in [3.63, 3.8) is 0 Å². The summed E-state index contributed by atoms with van der Waals surface area (Å²) in [6, 6.07) is 0. The van der Waals surface area contributed by atoms with Crippen molar-refractivity contribution in [2.24, 2.45) is 0 Å². The second-order valence-electron chi connectivity index (χ2n) is 3.13. The van der Waals surface area contributed by atoms with Crippen molar-refractivity contribution in [2.75, 3.05) is 5.33 Å². The zero-order valence-electron chi connectivity index (χ0n) is 8.19. The maximum atomic E-state index is 3.44. The quantitative estimate of drug-likeness (QED) is 0.324. The van der Waals surface area contributed by atoms with Crippen LogP contribution in [-0.4, -0.2) is 5.33 Å². The van der Waals surface area contributed by atoms with E-state index in [1.165, 1.54) is 50.3 Å². The number of hydrogen-bond acceptors (Lipinski definition) is 0. The molecule has 0 fully saturated rings. The Bertz CT molecular complexity index is 97.2. The van der Waals surface area contributed by atoms with Gasteiger partial charge in [0.15, 0.2) is 0 Å². The summed E-state index contributed by atoms with van der Waals surface area (Å²) in [6.07, 6.45) is 14.0. The summed E-state index contributed by atoms with van der Waals surface area (Å²) >= 11 is 3.44. The molecule has 1 heteroatoms. The standard InChI is InChI=1S/C11H21Br/c1-2-3-4-5-6-7-8-9-10-11-12/h3-4H,2,5-11H2,1H3/b4-3+. The van der Waals surface area contributed by atoms with Crippen LogP contribution >= 0.6 is 15.9 Å². The second kappa shape index (κ2) is 11.2. The Labute approximate surface area is 85.6 Å². The highest BCUT2D eigenvalue weighted by Crippen LogP contribution is 2.06. The number of allylic oxidation sites excluding steroid dienone is 2. The molecule has 0 aromatic heterocycles. The lowest BCUT2D eigenvalue weighted by molar-refractivity contribution is 0.640. The van der Waals surface area contributed by atoms with Gasteiger partial charge in [-0.25, -0.2) is 0 Å². The van der Waals surface area contributed by atoms with Gasteiger partial charge >= 0.3 is 0 Å². The summed E-state index contributed by atoms with van der Waals surface area (Å²) in [5, 5.41) is 1.17. The SMILES string of the molecule is CC/C=C/CCCCCCCBr. The third-order valence-corrected chi connectivity index (χ3v) is 2.47. The van der Waals surface area contributed by atoms with E-state index in [9.17, 15) is 0 Å². The molecule has 0 aromatic rings. The van der Waals surface area contributed by atoms with E-state index in [-0.39, 0.29) is 0 Å².